The highest BCUT2D eigenvalue weighted by Crippen LogP contribution is 2.20. The molecule has 0 heteroatoms. The van der Waals surface area contributed by atoms with Crippen LogP contribution in [-0.2, 0) is 0 Å². The third-order valence-electron chi connectivity index (χ3n) is 7.48. The number of hydrogen-bond acceptors (Lipinski definition) is 0. The van der Waals surface area contributed by atoms with E-state index in [-0.39, 0.29) is 0 Å². The van der Waals surface area contributed by atoms with Gasteiger partial charge in [0.1, 0.15) is 0 Å². The van der Waals surface area contributed by atoms with Crippen molar-refractivity contribution in [3.05, 3.63) is 0 Å². The fourth-order valence-electron chi connectivity index (χ4n) is 5.16. The number of unbranched alkanes of at least 4 members (excludes halogenated alkanes) is 18. The Balaban J connectivity index is 3.16. The van der Waals surface area contributed by atoms with Crippen LogP contribution >= 0.6 is 0 Å². The van der Waals surface area contributed by atoms with E-state index in [2.05, 4.69) is 27.7 Å². The molecule has 0 rings (SSSR count). The quantitative estimate of drug-likeness (QED) is 0.118. The lowest BCUT2D eigenvalue weighted by Gasteiger charge is -2.11. The van der Waals surface area contributed by atoms with Gasteiger partial charge in [-0.2, -0.15) is 0 Å². The van der Waals surface area contributed by atoms with Crippen LogP contribution in [0.2, 0.25) is 0 Å². The zero-order chi connectivity index (χ0) is 22.8. The molecule has 31 heavy (non-hydrogen) atoms. The highest BCUT2D eigenvalue weighted by Gasteiger charge is 2.03. The Morgan fingerprint density at radius 3 is 0.839 bits per heavy atom. The smallest absolute Gasteiger partial charge is 0.0443 e. The van der Waals surface area contributed by atoms with E-state index in [9.17, 15) is 0 Å². The van der Waals surface area contributed by atoms with Crippen molar-refractivity contribution in [3.63, 3.8) is 0 Å². The van der Waals surface area contributed by atoms with E-state index >= 15 is 0 Å². The molecule has 0 heterocycles. The Morgan fingerprint density at radius 2 is 0.548 bits per heavy atom. The molecule has 0 fully saturated rings. The third-order valence-corrected chi connectivity index (χ3v) is 7.48. The van der Waals surface area contributed by atoms with Gasteiger partial charge in [0.2, 0.25) is 0 Å². The lowest BCUT2D eigenvalue weighted by Crippen LogP contribution is -1.95. The molecule has 0 aromatic heterocycles. The van der Waals surface area contributed by atoms with Crippen LogP contribution in [0.3, 0.4) is 0 Å². The van der Waals surface area contributed by atoms with Crippen molar-refractivity contribution < 1.29 is 0 Å². The lowest BCUT2D eigenvalue weighted by molar-refractivity contribution is 0.429. The Morgan fingerprint density at radius 1 is 0.290 bits per heavy atom. The summed E-state index contributed by atoms with van der Waals surface area (Å²) in [7, 11) is 0. The van der Waals surface area contributed by atoms with Crippen LogP contribution in [0.5, 0.6) is 0 Å². The molecule has 2 unspecified atom stereocenters. The van der Waals surface area contributed by atoms with Gasteiger partial charge in [0.15, 0.2) is 0 Å². The van der Waals surface area contributed by atoms with Gasteiger partial charge >= 0.3 is 0 Å². The van der Waals surface area contributed by atoms with Crippen molar-refractivity contribution in [2.24, 2.45) is 11.8 Å². The summed E-state index contributed by atoms with van der Waals surface area (Å²) < 4.78 is 0. The fourth-order valence-corrected chi connectivity index (χ4v) is 5.16. The van der Waals surface area contributed by atoms with Gasteiger partial charge in [0.25, 0.3) is 0 Å². The molecule has 0 bridgehead atoms. The van der Waals surface area contributed by atoms with E-state index in [4.69, 9.17) is 0 Å². The molecule has 0 aromatic carbocycles. The second kappa shape index (κ2) is 26.3. The first-order valence-electron chi connectivity index (χ1n) is 15.2. The molecule has 0 aliphatic heterocycles. The minimum Gasteiger partial charge on any atom is -0.0654 e. The predicted molar refractivity (Wildman–Crippen MR) is 145 cm³/mol. The molecule has 0 radical (unpaired) electrons. The van der Waals surface area contributed by atoms with Gasteiger partial charge in [0, 0.05) is 0 Å². The molecule has 0 aromatic rings. The van der Waals surface area contributed by atoms with Gasteiger partial charge in [-0.05, 0) is 11.8 Å². The molecule has 0 aliphatic rings. The summed E-state index contributed by atoms with van der Waals surface area (Å²) in [5.41, 5.74) is 0. The Bertz CT molecular complexity index is 307. The summed E-state index contributed by atoms with van der Waals surface area (Å²) in [6, 6.07) is 0. The van der Waals surface area contributed by atoms with Gasteiger partial charge in [-0.3, -0.25) is 0 Å². The lowest BCUT2D eigenvalue weighted by atomic mass is 9.95. The van der Waals surface area contributed by atoms with E-state index < -0.39 is 0 Å². The van der Waals surface area contributed by atoms with Crippen molar-refractivity contribution >= 4 is 0 Å². The summed E-state index contributed by atoms with van der Waals surface area (Å²) in [5.74, 6) is 1.93. The summed E-state index contributed by atoms with van der Waals surface area (Å²) in [6.07, 6.45) is 36.7. The van der Waals surface area contributed by atoms with Crippen molar-refractivity contribution in [3.8, 4) is 0 Å². The maximum Gasteiger partial charge on any atom is -0.0443 e. The van der Waals surface area contributed by atoms with Crippen LogP contribution in [0, 0.1) is 11.8 Å². The first-order chi connectivity index (χ1) is 15.2. The molecular weight excluding hydrogens is 372 g/mol. The molecule has 0 saturated carbocycles. The van der Waals surface area contributed by atoms with Crippen molar-refractivity contribution in [1.82, 2.24) is 0 Å². The minimum atomic E-state index is 0.961. The first-order valence-corrected chi connectivity index (χ1v) is 15.2. The molecule has 188 valence electrons. The predicted octanol–water partition coefficient (Wildman–Crippen LogP) is 12.1. The van der Waals surface area contributed by atoms with E-state index in [0.717, 1.165) is 11.8 Å². The van der Waals surface area contributed by atoms with E-state index in [1.165, 1.54) is 161 Å². The fraction of sp³-hybridized carbons (Fsp3) is 1.00. The van der Waals surface area contributed by atoms with Crippen LogP contribution in [0.4, 0.5) is 0 Å². The largest absolute Gasteiger partial charge is 0.0654 e. The highest BCUT2D eigenvalue weighted by atomic mass is 14.1. The van der Waals surface area contributed by atoms with Crippen LogP contribution in [0.15, 0.2) is 0 Å². The molecule has 0 saturated heterocycles. The zero-order valence-electron chi connectivity index (χ0n) is 22.8. The van der Waals surface area contributed by atoms with Crippen molar-refractivity contribution in [2.45, 2.75) is 188 Å². The van der Waals surface area contributed by atoms with E-state index in [1.54, 1.807) is 0 Å². The van der Waals surface area contributed by atoms with Crippen LogP contribution in [0.1, 0.15) is 188 Å². The first kappa shape index (κ1) is 31.0. The average molecular weight is 437 g/mol. The summed E-state index contributed by atoms with van der Waals surface area (Å²) in [4.78, 5) is 0. The maximum atomic E-state index is 2.50. The SMILES string of the molecule is CCCCCCCCCCCC(C)CCCCCCCCCCCCCC(C)CCC. The van der Waals surface area contributed by atoms with Gasteiger partial charge in [0.05, 0.1) is 0 Å². The number of hydrogen-bond donors (Lipinski definition) is 0. The van der Waals surface area contributed by atoms with Gasteiger partial charge < -0.3 is 0 Å². The van der Waals surface area contributed by atoms with Crippen LogP contribution in [0.25, 0.3) is 0 Å². The summed E-state index contributed by atoms with van der Waals surface area (Å²) in [5, 5.41) is 0. The third kappa shape index (κ3) is 26.1. The van der Waals surface area contributed by atoms with E-state index in [1.807, 2.05) is 0 Å². The van der Waals surface area contributed by atoms with E-state index in [0.29, 0.717) is 0 Å². The van der Waals surface area contributed by atoms with Gasteiger partial charge in [-0.25, -0.2) is 0 Å². The molecule has 0 N–H and O–H groups in total. The zero-order valence-corrected chi connectivity index (χ0v) is 22.8. The standard InChI is InChI=1S/C31H64/c1-5-7-8-9-10-14-17-21-24-28-31(4)29-25-22-19-16-13-11-12-15-18-20-23-27-30(3)26-6-2/h30-31H,5-29H2,1-4H3. The van der Waals surface area contributed by atoms with Crippen LogP contribution in [-0.4, -0.2) is 0 Å². The van der Waals surface area contributed by atoms with Crippen molar-refractivity contribution in [2.75, 3.05) is 0 Å². The maximum absolute atomic E-state index is 2.50. The van der Waals surface area contributed by atoms with Gasteiger partial charge in [-0.15, -0.1) is 0 Å². The van der Waals surface area contributed by atoms with Crippen molar-refractivity contribution in [1.29, 1.82) is 0 Å². The molecule has 2 atom stereocenters. The van der Waals surface area contributed by atoms with Crippen LogP contribution < -0.4 is 0 Å². The normalized spacial score (nSPS) is 13.5. The number of rotatable bonds is 26. The average Bonchev–Trinajstić information content (AvgIpc) is 2.76. The molecule has 0 nitrogen and oxygen atoms in total. The second-order valence-electron chi connectivity index (χ2n) is 11.1. The Kier molecular flexibility index (Phi) is 26.3. The molecule has 0 amide bonds. The monoisotopic (exact) mass is 437 g/mol. The second-order valence-corrected chi connectivity index (χ2v) is 11.1. The summed E-state index contributed by atoms with van der Waals surface area (Å²) >= 11 is 0. The Labute approximate surface area is 200 Å². The topological polar surface area (TPSA) is 0 Å². The highest BCUT2D eigenvalue weighted by molar-refractivity contribution is 4.57. The summed E-state index contributed by atoms with van der Waals surface area (Å²) in [6.45, 7) is 9.55. The van der Waals surface area contributed by atoms with Gasteiger partial charge in [-0.1, -0.05) is 188 Å². The molecular formula is C31H64. The minimum absolute atomic E-state index is 0.961. The molecule has 0 aliphatic carbocycles. The molecule has 0 spiro atoms. The Hall–Kier alpha value is 0.